The van der Waals surface area contributed by atoms with Crippen LogP contribution >= 0.6 is 0 Å². The maximum atomic E-state index is 12.5. The Morgan fingerprint density at radius 2 is 1.78 bits per heavy atom. The molecule has 1 heterocycles. The number of carbonyl (C=O) groups excluding carboxylic acids is 2. The van der Waals surface area contributed by atoms with E-state index in [2.05, 4.69) is 10.6 Å². The van der Waals surface area contributed by atoms with Gasteiger partial charge in [0, 0.05) is 25.2 Å². The van der Waals surface area contributed by atoms with E-state index < -0.39 is 23.2 Å². The lowest BCUT2D eigenvalue weighted by molar-refractivity contribution is -0.137. The summed E-state index contributed by atoms with van der Waals surface area (Å²) < 4.78 is 43.3. The van der Waals surface area contributed by atoms with E-state index in [4.69, 9.17) is 4.74 Å². The maximum absolute atomic E-state index is 12.5. The quantitative estimate of drug-likeness (QED) is 0.781. The summed E-state index contributed by atoms with van der Waals surface area (Å²) in [6, 6.07) is 3.71. The van der Waals surface area contributed by atoms with Crippen LogP contribution < -0.4 is 10.6 Å². The Bertz CT molecular complexity index is 675. The molecule has 27 heavy (non-hydrogen) atoms. The number of amides is 3. The Balaban J connectivity index is 1.76. The Morgan fingerprint density at radius 3 is 2.33 bits per heavy atom. The molecule has 0 radical (unpaired) electrons. The first-order chi connectivity index (χ1) is 12.5. The van der Waals surface area contributed by atoms with Gasteiger partial charge in [-0.3, -0.25) is 4.79 Å². The largest absolute Gasteiger partial charge is 0.416 e. The summed E-state index contributed by atoms with van der Waals surface area (Å²) in [6.45, 7) is 7.02. The smallest absolute Gasteiger partial charge is 0.369 e. The fourth-order valence-corrected chi connectivity index (χ4v) is 2.98. The molecule has 9 heteroatoms. The lowest BCUT2D eigenvalue weighted by Crippen LogP contribution is -2.56. The molecule has 0 aliphatic carbocycles. The van der Waals surface area contributed by atoms with Crippen molar-refractivity contribution in [1.82, 2.24) is 15.5 Å². The van der Waals surface area contributed by atoms with E-state index in [1.807, 2.05) is 20.8 Å². The number of rotatable bonds is 4. The van der Waals surface area contributed by atoms with Crippen molar-refractivity contribution in [2.75, 3.05) is 26.2 Å². The molecule has 0 bridgehead atoms. The second kappa shape index (κ2) is 8.16. The number of carbonyl (C=O) groups is 2. The predicted molar refractivity (Wildman–Crippen MR) is 93.4 cm³/mol. The van der Waals surface area contributed by atoms with Crippen molar-refractivity contribution in [3.8, 4) is 0 Å². The zero-order valence-electron chi connectivity index (χ0n) is 15.5. The molecule has 1 aromatic carbocycles. The normalized spacial score (nSPS) is 19.5. The van der Waals surface area contributed by atoms with E-state index in [0.717, 1.165) is 24.3 Å². The van der Waals surface area contributed by atoms with Gasteiger partial charge in [0.25, 0.3) is 5.91 Å². The number of urea groups is 1. The molecule has 0 spiro atoms. The van der Waals surface area contributed by atoms with Gasteiger partial charge in [-0.1, -0.05) is 0 Å². The number of nitrogens with one attached hydrogen (secondary N) is 2. The molecule has 2 rings (SSSR count). The number of alkyl halides is 3. The Hall–Kier alpha value is -2.29. The number of benzene rings is 1. The molecule has 3 amide bonds. The number of morpholine rings is 1. The first kappa shape index (κ1) is 21.0. The van der Waals surface area contributed by atoms with Crippen LogP contribution in [0.4, 0.5) is 18.0 Å². The summed E-state index contributed by atoms with van der Waals surface area (Å²) >= 11 is 0. The Morgan fingerprint density at radius 1 is 1.19 bits per heavy atom. The molecule has 1 fully saturated rings. The first-order valence-corrected chi connectivity index (χ1v) is 8.64. The van der Waals surface area contributed by atoms with Gasteiger partial charge in [-0.05, 0) is 45.0 Å². The Kier molecular flexibility index (Phi) is 6.35. The molecular formula is C18H24F3N3O3. The lowest BCUT2D eigenvalue weighted by Gasteiger charge is -2.41. The number of hydrogen-bond donors (Lipinski definition) is 2. The van der Waals surface area contributed by atoms with Gasteiger partial charge in [0.2, 0.25) is 0 Å². The third-order valence-corrected chi connectivity index (χ3v) is 4.02. The van der Waals surface area contributed by atoms with Gasteiger partial charge in [0.15, 0.2) is 0 Å². The monoisotopic (exact) mass is 387 g/mol. The van der Waals surface area contributed by atoms with Crippen LogP contribution in [-0.2, 0) is 10.9 Å². The molecule has 0 saturated carbocycles. The average Bonchev–Trinajstić information content (AvgIpc) is 2.55. The highest BCUT2D eigenvalue weighted by Gasteiger charge is 2.33. The maximum Gasteiger partial charge on any atom is 0.416 e. The molecule has 2 N–H and O–H groups in total. The lowest BCUT2D eigenvalue weighted by atomic mass is 10.1. The van der Waals surface area contributed by atoms with Crippen molar-refractivity contribution in [3.63, 3.8) is 0 Å². The van der Waals surface area contributed by atoms with Gasteiger partial charge >= 0.3 is 12.2 Å². The summed E-state index contributed by atoms with van der Waals surface area (Å²) in [5.74, 6) is -0.501. The van der Waals surface area contributed by atoms with Crippen LogP contribution in [0.1, 0.15) is 36.7 Å². The summed E-state index contributed by atoms with van der Waals surface area (Å²) in [4.78, 5) is 25.8. The third kappa shape index (κ3) is 6.13. The number of ether oxygens (including phenoxy) is 1. The number of hydrogen-bond acceptors (Lipinski definition) is 3. The van der Waals surface area contributed by atoms with Crippen molar-refractivity contribution >= 4 is 11.9 Å². The van der Waals surface area contributed by atoms with E-state index in [1.165, 1.54) is 0 Å². The van der Waals surface area contributed by atoms with Gasteiger partial charge < -0.3 is 20.3 Å². The van der Waals surface area contributed by atoms with Crippen molar-refractivity contribution in [3.05, 3.63) is 35.4 Å². The molecular weight excluding hydrogens is 363 g/mol. The van der Waals surface area contributed by atoms with E-state index >= 15 is 0 Å². The minimum absolute atomic E-state index is 0.0705. The van der Waals surface area contributed by atoms with Crippen LogP contribution in [0.2, 0.25) is 0 Å². The van der Waals surface area contributed by atoms with E-state index in [1.54, 1.807) is 4.90 Å². The van der Waals surface area contributed by atoms with Crippen molar-refractivity contribution in [2.45, 2.75) is 38.7 Å². The van der Waals surface area contributed by atoms with E-state index in [9.17, 15) is 22.8 Å². The van der Waals surface area contributed by atoms with Crippen LogP contribution in [0.3, 0.4) is 0 Å². The predicted octanol–water partition coefficient (Wildman–Crippen LogP) is 2.64. The summed E-state index contributed by atoms with van der Waals surface area (Å²) in [5, 5.41) is 5.28. The van der Waals surface area contributed by atoms with Crippen molar-refractivity contribution in [2.24, 2.45) is 0 Å². The molecule has 6 nitrogen and oxygen atoms in total. The van der Waals surface area contributed by atoms with Crippen molar-refractivity contribution < 1.29 is 27.5 Å². The zero-order chi connectivity index (χ0) is 20.2. The molecule has 1 saturated heterocycles. The standard InChI is InChI=1S/C18H24F3N3O3/c1-12-10-24(11-17(2,3)27-12)16(26)23-9-8-22-15(25)13-4-6-14(7-5-13)18(19,20)21/h4-7,12H,8-11H2,1-3H3,(H,22,25)(H,23,26)/t12-/m0/s1. The van der Waals surface area contributed by atoms with E-state index in [-0.39, 0.29) is 30.8 Å². The summed E-state index contributed by atoms with van der Waals surface area (Å²) in [7, 11) is 0. The fourth-order valence-electron chi connectivity index (χ4n) is 2.98. The second-order valence-corrected chi connectivity index (χ2v) is 7.13. The second-order valence-electron chi connectivity index (χ2n) is 7.13. The molecule has 1 atom stereocenters. The first-order valence-electron chi connectivity index (χ1n) is 8.64. The topological polar surface area (TPSA) is 70.7 Å². The highest BCUT2D eigenvalue weighted by atomic mass is 19.4. The van der Waals surface area contributed by atoms with Crippen LogP contribution in [-0.4, -0.2) is 54.7 Å². The van der Waals surface area contributed by atoms with Crippen LogP contribution in [0.25, 0.3) is 0 Å². The van der Waals surface area contributed by atoms with Crippen molar-refractivity contribution in [1.29, 1.82) is 0 Å². The fraction of sp³-hybridized carbons (Fsp3) is 0.556. The summed E-state index contributed by atoms with van der Waals surface area (Å²) in [5.41, 5.74) is -1.11. The molecule has 150 valence electrons. The van der Waals surface area contributed by atoms with Gasteiger partial charge in [-0.15, -0.1) is 0 Å². The van der Waals surface area contributed by atoms with Crippen LogP contribution in [0, 0.1) is 0 Å². The number of nitrogens with zero attached hydrogens (tertiary/aromatic N) is 1. The van der Waals surface area contributed by atoms with Crippen LogP contribution in [0.15, 0.2) is 24.3 Å². The van der Waals surface area contributed by atoms with Gasteiger partial charge in [0.05, 0.1) is 23.8 Å². The van der Waals surface area contributed by atoms with Crippen LogP contribution in [0.5, 0.6) is 0 Å². The highest BCUT2D eigenvalue weighted by Crippen LogP contribution is 2.29. The molecule has 0 aromatic heterocycles. The van der Waals surface area contributed by atoms with Gasteiger partial charge in [-0.2, -0.15) is 13.2 Å². The average molecular weight is 387 g/mol. The molecule has 1 aromatic rings. The zero-order valence-corrected chi connectivity index (χ0v) is 15.5. The minimum Gasteiger partial charge on any atom is -0.369 e. The number of halogens is 3. The highest BCUT2D eigenvalue weighted by molar-refractivity contribution is 5.94. The molecule has 0 unspecified atom stereocenters. The molecule has 1 aliphatic heterocycles. The van der Waals surface area contributed by atoms with Gasteiger partial charge in [0.1, 0.15) is 0 Å². The SMILES string of the molecule is C[C@H]1CN(C(=O)NCCNC(=O)c2ccc(C(F)(F)F)cc2)CC(C)(C)O1. The Labute approximate surface area is 156 Å². The minimum atomic E-state index is -4.44. The summed E-state index contributed by atoms with van der Waals surface area (Å²) in [6.07, 6.45) is -4.51. The van der Waals surface area contributed by atoms with Gasteiger partial charge in [-0.25, -0.2) is 4.79 Å². The van der Waals surface area contributed by atoms with E-state index in [0.29, 0.717) is 13.1 Å². The molecule has 1 aliphatic rings. The third-order valence-electron chi connectivity index (χ3n) is 4.02.